The molecule has 0 aromatic carbocycles. The molecular weight excluding hydrogens is 236 g/mol. The fourth-order valence-corrected chi connectivity index (χ4v) is 4.31. The number of nitrogens with zero attached hydrogens (tertiary/aromatic N) is 2. The second kappa shape index (κ2) is 6.11. The van der Waals surface area contributed by atoms with Crippen LogP contribution in [0.4, 0.5) is 0 Å². The fraction of sp³-hybridized carbons (Fsp3) is 1.00. The lowest BCUT2D eigenvalue weighted by Crippen LogP contribution is -2.54. The van der Waals surface area contributed by atoms with Crippen LogP contribution < -0.4 is 0 Å². The summed E-state index contributed by atoms with van der Waals surface area (Å²) in [6.45, 7) is 7.32. The second-order valence-corrected chi connectivity index (χ2v) is 7.00. The molecular formula is C16H30N2O. The Balaban J connectivity index is 1.45. The third kappa shape index (κ3) is 3.32. The molecule has 0 radical (unpaired) electrons. The molecule has 1 N–H and O–H groups in total. The number of fused-ring (bicyclic) bond motifs is 1. The lowest BCUT2D eigenvalue weighted by Gasteiger charge is -2.47. The number of likely N-dealkylation sites (tertiary alicyclic amines) is 2. The third-order valence-corrected chi connectivity index (χ3v) is 5.69. The van der Waals surface area contributed by atoms with Gasteiger partial charge in [0.2, 0.25) is 0 Å². The van der Waals surface area contributed by atoms with Gasteiger partial charge in [-0.05, 0) is 45.2 Å². The molecule has 3 rings (SSSR count). The summed E-state index contributed by atoms with van der Waals surface area (Å²) in [5, 5.41) is 10.7. The Labute approximate surface area is 118 Å². The first-order chi connectivity index (χ1) is 9.26. The van der Waals surface area contributed by atoms with Gasteiger partial charge in [0, 0.05) is 32.1 Å². The van der Waals surface area contributed by atoms with Crippen LogP contribution in [0.3, 0.4) is 0 Å². The van der Waals surface area contributed by atoms with Crippen LogP contribution in [-0.4, -0.2) is 59.8 Å². The minimum atomic E-state index is -0.306. The van der Waals surface area contributed by atoms with Gasteiger partial charge >= 0.3 is 0 Å². The molecule has 2 saturated heterocycles. The molecule has 19 heavy (non-hydrogen) atoms. The van der Waals surface area contributed by atoms with E-state index >= 15 is 0 Å². The molecule has 110 valence electrons. The first kappa shape index (κ1) is 13.8. The molecule has 0 spiro atoms. The number of hydrogen-bond donors (Lipinski definition) is 1. The van der Waals surface area contributed by atoms with Crippen LogP contribution in [0, 0.1) is 5.92 Å². The number of hydrogen-bond acceptors (Lipinski definition) is 3. The molecule has 2 heterocycles. The molecule has 0 amide bonds. The van der Waals surface area contributed by atoms with Crippen molar-refractivity contribution in [1.29, 1.82) is 0 Å². The van der Waals surface area contributed by atoms with Crippen molar-refractivity contribution in [3.8, 4) is 0 Å². The van der Waals surface area contributed by atoms with E-state index in [0.717, 1.165) is 25.9 Å². The summed E-state index contributed by atoms with van der Waals surface area (Å²) in [4.78, 5) is 5.24. The van der Waals surface area contributed by atoms with Crippen LogP contribution >= 0.6 is 0 Å². The van der Waals surface area contributed by atoms with Gasteiger partial charge in [0.05, 0.1) is 5.60 Å². The number of aliphatic hydroxyl groups is 1. The quantitative estimate of drug-likeness (QED) is 0.847. The van der Waals surface area contributed by atoms with Crippen molar-refractivity contribution in [1.82, 2.24) is 9.80 Å². The van der Waals surface area contributed by atoms with Gasteiger partial charge in [-0.1, -0.05) is 19.3 Å². The standard InChI is InChI=1S/C16H30N2O/c19-16-7-3-2-6-15(16)14-18(11-8-16)13-12-17-9-4-1-5-10-17/h15,19H,1-14H2. The molecule has 3 heteroatoms. The lowest BCUT2D eigenvalue weighted by molar-refractivity contribution is -0.0960. The molecule has 2 unspecified atom stereocenters. The first-order valence-electron chi connectivity index (χ1n) is 8.43. The topological polar surface area (TPSA) is 26.7 Å². The van der Waals surface area contributed by atoms with Gasteiger partial charge in [0.15, 0.2) is 0 Å². The molecule has 3 fully saturated rings. The summed E-state index contributed by atoms with van der Waals surface area (Å²) in [7, 11) is 0. The molecule has 1 aliphatic carbocycles. The Kier molecular flexibility index (Phi) is 4.45. The van der Waals surface area contributed by atoms with Crippen LogP contribution in [0.2, 0.25) is 0 Å². The average molecular weight is 266 g/mol. The summed E-state index contributed by atoms with van der Waals surface area (Å²) in [5.41, 5.74) is -0.306. The highest BCUT2D eigenvalue weighted by atomic mass is 16.3. The second-order valence-electron chi connectivity index (χ2n) is 7.00. The highest BCUT2D eigenvalue weighted by molar-refractivity contribution is 4.95. The Morgan fingerprint density at radius 1 is 0.842 bits per heavy atom. The van der Waals surface area contributed by atoms with Crippen LogP contribution in [0.5, 0.6) is 0 Å². The molecule has 0 aromatic rings. The van der Waals surface area contributed by atoms with Gasteiger partial charge in [-0.2, -0.15) is 0 Å². The van der Waals surface area contributed by atoms with Crippen molar-refractivity contribution in [2.45, 2.75) is 57.0 Å². The lowest BCUT2D eigenvalue weighted by atomic mass is 9.71. The van der Waals surface area contributed by atoms with Gasteiger partial charge in [-0.25, -0.2) is 0 Å². The zero-order valence-corrected chi connectivity index (χ0v) is 12.3. The largest absolute Gasteiger partial charge is 0.390 e. The third-order valence-electron chi connectivity index (χ3n) is 5.69. The van der Waals surface area contributed by atoms with Crippen LogP contribution in [0.1, 0.15) is 51.4 Å². The smallest absolute Gasteiger partial charge is 0.0700 e. The molecule has 3 aliphatic rings. The Hall–Kier alpha value is -0.120. The van der Waals surface area contributed by atoms with Crippen molar-refractivity contribution in [2.24, 2.45) is 5.92 Å². The van der Waals surface area contributed by atoms with E-state index in [1.165, 1.54) is 64.7 Å². The van der Waals surface area contributed by atoms with E-state index in [0.29, 0.717) is 5.92 Å². The van der Waals surface area contributed by atoms with Crippen molar-refractivity contribution < 1.29 is 5.11 Å². The summed E-state index contributed by atoms with van der Waals surface area (Å²) in [6.07, 6.45) is 10.1. The molecule has 2 atom stereocenters. The van der Waals surface area contributed by atoms with Crippen LogP contribution in [0.15, 0.2) is 0 Å². The molecule has 3 nitrogen and oxygen atoms in total. The summed E-state index contributed by atoms with van der Waals surface area (Å²) >= 11 is 0. The zero-order chi connectivity index (χ0) is 13.1. The maximum Gasteiger partial charge on any atom is 0.0700 e. The van der Waals surface area contributed by atoms with Crippen LogP contribution in [0.25, 0.3) is 0 Å². The van der Waals surface area contributed by atoms with E-state index in [2.05, 4.69) is 9.80 Å². The van der Waals surface area contributed by atoms with Crippen molar-refractivity contribution >= 4 is 0 Å². The predicted octanol–water partition coefficient (Wildman–Crippen LogP) is 2.10. The van der Waals surface area contributed by atoms with Gasteiger partial charge in [0.25, 0.3) is 0 Å². The maximum atomic E-state index is 10.7. The molecule has 0 bridgehead atoms. The minimum absolute atomic E-state index is 0.306. The maximum absolute atomic E-state index is 10.7. The van der Waals surface area contributed by atoms with Crippen molar-refractivity contribution in [3.63, 3.8) is 0 Å². The number of piperidine rings is 2. The van der Waals surface area contributed by atoms with E-state index in [1.807, 2.05) is 0 Å². The van der Waals surface area contributed by atoms with E-state index in [1.54, 1.807) is 0 Å². The highest BCUT2D eigenvalue weighted by Crippen LogP contribution is 2.39. The predicted molar refractivity (Wildman–Crippen MR) is 78.3 cm³/mol. The number of rotatable bonds is 3. The van der Waals surface area contributed by atoms with E-state index in [4.69, 9.17) is 0 Å². The Morgan fingerprint density at radius 3 is 2.47 bits per heavy atom. The highest BCUT2D eigenvalue weighted by Gasteiger charge is 2.42. The van der Waals surface area contributed by atoms with Crippen molar-refractivity contribution in [3.05, 3.63) is 0 Å². The van der Waals surface area contributed by atoms with Gasteiger partial charge in [-0.3, -0.25) is 0 Å². The summed E-state index contributed by atoms with van der Waals surface area (Å²) in [6, 6.07) is 0. The average Bonchev–Trinajstić information content (AvgIpc) is 2.46. The first-order valence-corrected chi connectivity index (χ1v) is 8.43. The summed E-state index contributed by atoms with van der Waals surface area (Å²) in [5.74, 6) is 0.552. The monoisotopic (exact) mass is 266 g/mol. The van der Waals surface area contributed by atoms with E-state index in [-0.39, 0.29) is 5.60 Å². The van der Waals surface area contributed by atoms with E-state index in [9.17, 15) is 5.11 Å². The fourth-order valence-electron chi connectivity index (χ4n) is 4.31. The zero-order valence-electron chi connectivity index (χ0n) is 12.3. The Bertz CT molecular complexity index is 290. The van der Waals surface area contributed by atoms with Gasteiger partial charge in [-0.15, -0.1) is 0 Å². The SMILES string of the molecule is OC12CCCCC1CN(CCN1CCCCC1)CC2. The van der Waals surface area contributed by atoms with Gasteiger partial charge in [0.1, 0.15) is 0 Å². The molecule has 0 aromatic heterocycles. The molecule has 1 saturated carbocycles. The van der Waals surface area contributed by atoms with Crippen molar-refractivity contribution in [2.75, 3.05) is 39.3 Å². The normalized spacial score (nSPS) is 38.1. The van der Waals surface area contributed by atoms with E-state index < -0.39 is 0 Å². The van der Waals surface area contributed by atoms with Gasteiger partial charge < -0.3 is 14.9 Å². The molecule has 2 aliphatic heterocycles. The van der Waals surface area contributed by atoms with Crippen LogP contribution in [-0.2, 0) is 0 Å². The summed E-state index contributed by atoms with van der Waals surface area (Å²) < 4.78 is 0. The Morgan fingerprint density at radius 2 is 1.63 bits per heavy atom. The minimum Gasteiger partial charge on any atom is -0.390 e.